The van der Waals surface area contributed by atoms with Crippen LogP contribution in [0.4, 0.5) is 68.2 Å². The molecule has 0 bridgehead atoms. The van der Waals surface area contributed by atoms with E-state index in [1.54, 1.807) is 0 Å². The summed E-state index contributed by atoms with van der Waals surface area (Å²) in [7, 11) is 0. The van der Waals surface area contributed by atoms with Crippen LogP contribution >= 0.6 is 0 Å². The Morgan fingerprint density at radius 2 is 0.380 bits per heavy atom. The third kappa shape index (κ3) is 9.65. The van der Waals surface area contributed by atoms with Crippen LogP contribution in [0.25, 0.3) is 43.8 Å². The van der Waals surface area contributed by atoms with Crippen molar-refractivity contribution in [1.29, 1.82) is 0 Å². The molecule has 13 aromatic carbocycles. The van der Waals surface area contributed by atoms with Gasteiger partial charge in [-0.3, -0.25) is 0 Å². The van der Waals surface area contributed by atoms with E-state index in [-0.39, 0.29) is 0 Å². The second-order valence-electron chi connectivity index (χ2n) is 19.8. The van der Waals surface area contributed by atoms with E-state index in [0.717, 1.165) is 68.2 Å². The van der Waals surface area contributed by atoms with E-state index >= 15 is 0 Å². The van der Waals surface area contributed by atoms with Gasteiger partial charge in [0.25, 0.3) is 0 Å². The predicted molar refractivity (Wildman–Crippen MR) is 336 cm³/mol. The highest BCUT2D eigenvalue weighted by Crippen LogP contribution is 2.47. The van der Waals surface area contributed by atoms with Gasteiger partial charge < -0.3 is 19.6 Å². The van der Waals surface area contributed by atoms with Crippen molar-refractivity contribution in [3.63, 3.8) is 0 Å². The first-order chi connectivity index (χ1) is 39.1. The van der Waals surface area contributed by atoms with Crippen molar-refractivity contribution in [3.05, 3.63) is 327 Å². The van der Waals surface area contributed by atoms with Crippen molar-refractivity contribution in [3.8, 4) is 22.3 Å². The number of fused-ring (bicyclic) bond motifs is 2. The maximum absolute atomic E-state index is 2.37. The van der Waals surface area contributed by atoms with Crippen molar-refractivity contribution in [2.45, 2.75) is 6.92 Å². The normalized spacial score (nSPS) is 11.1. The van der Waals surface area contributed by atoms with E-state index in [4.69, 9.17) is 0 Å². The molecule has 0 aromatic heterocycles. The summed E-state index contributed by atoms with van der Waals surface area (Å²) >= 11 is 0. The van der Waals surface area contributed by atoms with Crippen molar-refractivity contribution < 1.29 is 0 Å². The number of anilines is 12. The van der Waals surface area contributed by atoms with E-state index in [1.165, 1.54) is 49.4 Å². The molecule has 0 spiro atoms. The lowest BCUT2D eigenvalue weighted by molar-refractivity contribution is 1.26. The van der Waals surface area contributed by atoms with Crippen LogP contribution in [0.5, 0.6) is 0 Å². The Kier molecular flexibility index (Phi) is 13.2. The number of hydrogen-bond donors (Lipinski definition) is 0. The van der Waals surface area contributed by atoms with Crippen LogP contribution in [-0.2, 0) is 0 Å². The van der Waals surface area contributed by atoms with Gasteiger partial charge in [-0.1, -0.05) is 181 Å². The average Bonchev–Trinajstić information content (AvgIpc) is 3.58. The third-order valence-electron chi connectivity index (χ3n) is 14.8. The van der Waals surface area contributed by atoms with Crippen LogP contribution in [0, 0.1) is 6.92 Å². The first-order valence-corrected chi connectivity index (χ1v) is 27.0. The van der Waals surface area contributed by atoms with Crippen molar-refractivity contribution in [1.82, 2.24) is 0 Å². The number of aryl methyl sites for hydroxylation is 1. The van der Waals surface area contributed by atoms with Crippen LogP contribution in [0.2, 0.25) is 0 Å². The minimum absolute atomic E-state index is 1.07. The molecule has 0 aliphatic carbocycles. The van der Waals surface area contributed by atoms with E-state index in [2.05, 4.69) is 348 Å². The molecule has 0 amide bonds. The molecule has 79 heavy (non-hydrogen) atoms. The maximum atomic E-state index is 2.37. The number of hydrogen-bond acceptors (Lipinski definition) is 4. The molecule has 0 saturated carbocycles. The van der Waals surface area contributed by atoms with Gasteiger partial charge in [0, 0.05) is 68.2 Å². The van der Waals surface area contributed by atoms with Gasteiger partial charge in [-0.15, -0.1) is 0 Å². The number of nitrogens with zero attached hydrogens (tertiary/aromatic N) is 4. The second kappa shape index (κ2) is 21.7. The predicted octanol–water partition coefficient (Wildman–Crippen LogP) is 21.5. The van der Waals surface area contributed by atoms with Gasteiger partial charge in [0.15, 0.2) is 0 Å². The molecule has 4 nitrogen and oxygen atoms in total. The molecule has 0 aliphatic heterocycles. The summed E-state index contributed by atoms with van der Waals surface area (Å²) in [6.45, 7) is 2.20. The van der Waals surface area contributed by atoms with Gasteiger partial charge >= 0.3 is 0 Å². The van der Waals surface area contributed by atoms with Crippen molar-refractivity contribution in [2.24, 2.45) is 0 Å². The standard InChI is InChI=1S/C75H56N4/c1-55-36-53-72-73(54-55)75(57-39-43-65(44-40-57)79(63-32-18-7-19-33-63)69-51-47-67(48-52-69)77(60-26-12-4-13-27-60)61-28-14-5-15-29-61)71-35-21-20-34-70(71)74(72)56-37-41-64(42-38-56)78(62-30-16-6-17-31-62)68-49-45-66(46-50-68)76(58-22-8-2-9-23-58)59-24-10-3-11-25-59/h2-54H,1H3. The zero-order chi connectivity index (χ0) is 52.9. The van der Waals surface area contributed by atoms with Gasteiger partial charge in [0.1, 0.15) is 0 Å². The van der Waals surface area contributed by atoms with Gasteiger partial charge in [-0.25, -0.2) is 0 Å². The topological polar surface area (TPSA) is 13.0 Å². The Hall–Kier alpha value is -10.4. The Morgan fingerprint density at radius 3 is 0.646 bits per heavy atom. The summed E-state index contributed by atoms with van der Waals surface area (Å²) in [5, 5.41) is 4.89. The lowest BCUT2D eigenvalue weighted by atomic mass is 9.85. The third-order valence-corrected chi connectivity index (χ3v) is 14.8. The van der Waals surface area contributed by atoms with Crippen LogP contribution in [0.15, 0.2) is 322 Å². The summed E-state index contributed by atoms with van der Waals surface area (Å²) < 4.78 is 0. The lowest BCUT2D eigenvalue weighted by Crippen LogP contribution is -2.12. The molecular formula is C75H56N4. The second-order valence-corrected chi connectivity index (χ2v) is 19.8. The Bertz CT molecular complexity index is 4060. The Balaban J connectivity index is 0.859. The van der Waals surface area contributed by atoms with E-state index in [1.807, 2.05) is 0 Å². The molecule has 13 aromatic rings. The molecular weight excluding hydrogens is 957 g/mol. The minimum atomic E-state index is 1.07. The fourth-order valence-electron chi connectivity index (χ4n) is 11.2. The van der Waals surface area contributed by atoms with E-state index in [0.29, 0.717) is 0 Å². The van der Waals surface area contributed by atoms with E-state index < -0.39 is 0 Å². The fraction of sp³-hybridized carbons (Fsp3) is 0.0133. The molecule has 0 N–H and O–H groups in total. The maximum Gasteiger partial charge on any atom is 0.0463 e. The van der Waals surface area contributed by atoms with Crippen molar-refractivity contribution in [2.75, 3.05) is 19.6 Å². The van der Waals surface area contributed by atoms with E-state index in [9.17, 15) is 0 Å². The van der Waals surface area contributed by atoms with Gasteiger partial charge in [-0.05, 0) is 196 Å². The molecule has 0 radical (unpaired) electrons. The smallest absolute Gasteiger partial charge is 0.0463 e. The summed E-state index contributed by atoms with van der Waals surface area (Å²) in [5.41, 5.74) is 19.1. The first-order valence-electron chi connectivity index (χ1n) is 27.0. The van der Waals surface area contributed by atoms with Crippen LogP contribution in [0.3, 0.4) is 0 Å². The molecule has 376 valence electrons. The highest BCUT2D eigenvalue weighted by Gasteiger charge is 2.21. The highest BCUT2D eigenvalue weighted by molar-refractivity contribution is 6.21. The average molecular weight is 1010 g/mol. The van der Waals surface area contributed by atoms with Crippen LogP contribution < -0.4 is 19.6 Å². The Morgan fingerprint density at radius 1 is 0.177 bits per heavy atom. The minimum Gasteiger partial charge on any atom is -0.311 e. The summed E-state index contributed by atoms with van der Waals surface area (Å²) in [6, 6.07) is 116. The van der Waals surface area contributed by atoms with Gasteiger partial charge in [0.05, 0.1) is 0 Å². The molecule has 0 heterocycles. The van der Waals surface area contributed by atoms with Crippen LogP contribution in [0.1, 0.15) is 5.56 Å². The first kappa shape index (κ1) is 48.2. The quantitative estimate of drug-likeness (QED) is 0.101. The number of benzene rings is 13. The van der Waals surface area contributed by atoms with Crippen molar-refractivity contribution >= 4 is 89.8 Å². The molecule has 0 saturated heterocycles. The summed E-state index contributed by atoms with van der Waals surface area (Å²) in [4.78, 5) is 9.29. The monoisotopic (exact) mass is 1010 g/mol. The summed E-state index contributed by atoms with van der Waals surface area (Å²) in [5.74, 6) is 0. The Labute approximate surface area is 463 Å². The summed E-state index contributed by atoms with van der Waals surface area (Å²) in [6.07, 6.45) is 0. The largest absolute Gasteiger partial charge is 0.311 e. The number of rotatable bonds is 14. The molecule has 0 fully saturated rings. The lowest BCUT2D eigenvalue weighted by Gasteiger charge is -2.28. The highest BCUT2D eigenvalue weighted by atomic mass is 15.2. The molecule has 0 unspecified atom stereocenters. The zero-order valence-corrected chi connectivity index (χ0v) is 43.9. The molecule has 0 atom stereocenters. The zero-order valence-electron chi connectivity index (χ0n) is 43.9. The molecule has 4 heteroatoms. The molecule has 0 aliphatic rings. The van der Waals surface area contributed by atoms with Gasteiger partial charge in [0.2, 0.25) is 0 Å². The fourth-order valence-corrected chi connectivity index (χ4v) is 11.2. The van der Waals surface area contributed by atoms with Gasteiger partial charge in [-0.2, -0.15) is 0 Å². The number of para-hydroxylation sites is 6. The SMILES string of the molecule is Cc1ccc2c(-c3ccc(N(c4ccccc4)c4ccc(N(c5ccccc5)c5ccccc5)cc4)cc3)c3ccccc3c(-c3ccc(N(c4ccccc4)c4ccc(N(c5ccccc5)c5ccccc5)cc4)cc3)c2c1. The molecule has 13 rings (SSSR count). The van der Waals surface area contributed by atoms with Crippen LogP contribution in [-0.4, -0.2) is 0 Å².